The predicted molar refractivity (Wildman–Crippen MR) is 59.4 cm³/mol. The van der Waals surface area contributed by atoms with E-state index in [1.54, 1.807) is 0 Å². The summed E-state index contributed by atoms with van der Waals surface area (Å²) in [5.74, 6) is 0.653. The van der Waals surface area contributed by atoms with Crippen LogP contribution in [-0.2, 0) is 0 Å². The second-order valence-electron chi connectivity index (χ2n) is 3.17. The van der Waals surface area contributed by atoms with Crippen molar-refractivity contribution in [3.63, 3.8) is 0 Å². The van der Waals surface area contributed by atoms with E-state index >= 15 is 0 Å². The first kappa shape index (κ1) is 14.0. The molecule has 0 radical (unpaired) electrons. The van der Waals surface area contributed by atoms with Gasteiger partial charge in [-0.2, -0.15) is 0 Å². The summed E-state index contributed by atoms with van der Waals surface area (Å²) in [6.07, 6.45) is 4.42. The lowest BCUT2D eigenvalue weighted by Gasteiger charge is -2.05. The molecule has 0 heterocycles. The van der Waals surface area contributed by atoms with Crippen molar-refractivity contribution in [2.24, 2.45) is 5.92 Å². The number of hydrogen-bond donors (Lipinski definition) is 0. The van der Waals surface area contributed by atoms with Crippen LogP contribution in [0.25, 0.3) is 0 Å². The molecule has 0 nitrogen and oxygen atoms in total. The molecule has 12 heavy (non-hydrogen) atoms. The summed E-state index contributed by atoms with van der Waals surface area (Å²) in [5.41, 5.74) is 2.81. The van der Waals surface area contributed by atoms with Gasteiger partial charge in [-0.05, 0) is 32.3 Å². The minimum Gasteiger partial charge on any atom is -0.0842 e. The topological polar surface area (TPSA) is 0 Å². The monoisotopic (exact) mass is 168 g/mol. The van der Waals surface area contributed by atoms with Gasteiger partial charge in [0, 0.05) is 0 Å². The zero-order valence-electron chi connectivity index (χ0n) is 9.73. The minimum atomic E-state index is 0.653. The summed E-state index contributed by atoms with van der Waals surface area (Å²) in [4.78, 5) is 0. The van der Waals surface area contributed by atoms with Crippen molar-refractivity contribution in [3.8, 4) is 0 Å². The molecule has 0 N–H and O–H groups in total. The van der Waals surface area contributed by atoms with Crippen molar-refractivity contribution in [2.45, 2.75) is 48.5 Å². The molecule has 0 aromatic heterocycles. The molecular formula is C12H24. The lowest BCUT2D eigenvalue weighted by Crippen LogP contribution is -1.89. The Labute approximate surface area is 78.4 Å². The molecule has 0 heteroatoms. The number of rotatable bonds is 2. The van der Waals surface area contributed by atoms with E-state index in [-0.39, 0.29) is 0 Å². The van der Waals surface area contributed by atoms with Crippen LogP contribution in [0.1, 0.15) is 48.5 Å². The molecule has 0 atom stereocenters. The van der Waals surface area contributed by atoms with Crippen LogP contribution >= 0.6 is 0 Å². The van der Waals surface area contributed by atoms with Crippen LogP contribution in [0.2, 0.25) is 0 Å². The van der Waals surface area contributed by atoms with Crippen LogP contribution in [0.3, 0.4) is 0 Å². The molecule has 0 aliphatic rings. The average molecular weight is 168 g/mol. The van der Waals surface area contributed by atoms with Gasteiger partial charge < -0.3 is 0 Å². The van der Waals surface area contributed by atoms with E-state index in [4.69, 9.17) is 0 Å². The smallest absolute Gasteiger partial charge is 0.0222 e. The Kier molecular flexibility index (Phi) is 10.0. The molecule has 0 saturated heterocycles. The first-order valence-electron chi connectivity index (χ1n) is 4.89. The summed E-state index contributed by atoms with van der Waals surface area (Å²) in [7, 11) is 0. The van der Waals surface area contributed by atoms with Crippen molar-refractivity contribution in [2.75, 3.05) is 0 Å². The highest BCUT2D eigenvalue weighted by molar-refractivity contribution is 5.22. The van der Waals surface area contributed by atoms with Crippen molar-refractivity contribution in [1.29, 1.82) is 0 Å². The molecule has 0 aliphatic carbocycles. The second kappa shape index (κ2) is 8.58. The van der Waals surface area contributed by atoms with Crippen molar-refractivity contribution < 1.29 is 0 Å². The molecular weight excluding hydrogens is 144 g/mol. The Morgan fingerprint density at radius 1 is 1.08 bits per heavy atom. The minimum absolute atomic E-state index is 0.653. The Balaban J connectivity index is 0. The second-order valence-corrected chi connectivity index (χ2v) is 3.17. The van der Waals surface area contributed by atoms with Gasteiger partial charge in [-0.25, -0.2) is 0 Å². The summed E-state index contributed by atoms with van der Waals surface area (Å²) in [6.45, 7) is 14.8. The van der Waals surface area contributed by atoms with Gasteiger partial charge in [-0.3, -0.25) is 0 Å². The fraction of sp³-hybridized carbons (Fsp3) is 0.667. The zero-order valence-corrected chi connectivity index (χ0v) is 9.73. The third kappa shape index (κ3) is 7.59. The van der Waals surface area contributed by atoms with Crippen LogP contribution < -0.4 is 0 Å². The fourth-order valence-electron chi connectivity index (χ4n) is 0.917. The van der Waals surface area contributed by atoms with Crippen LogP contribution in [-0.4, -0.2) is 0 Å². The maximum atomic E-state index is 2.24. The normalized spacial score (nSPS) is 10.5. The zero-order chi connectivity index (χ0) is 10.1. The van der Waals surface area contributed by atoms with E-state index < -0.39 is 0 Å². The molecule has 0 fully saturated rings. The van der Waals surface area contributed by atoms with Crippen LogP contribution in [0.15, 0.2) is 23.3 Å². The number of allylic oxidation sites excluding steroid dienone is 4. The Hall–Kier alpha value is -0.520. The van der Waals surface area contributed by atoms with Crippen LogP contribution in [0, 0.1) is 5.92 Å². The van der Waals surface area contributed by atoms with Gasteiger partial charge in [0.05, 0.1) is 0 Å². The molecule has 0 unspecified atom stereocenters. The van der Waals surface area contributed by atoms with Gasteiger partial charge in [0.15, 0.2) is 0 Å². The van der Waals surface area contributed by atoms with E-state index in [0.29, 0.717) is 5.92 Å². The molecule has 0 aliphatic heterocycles. The SMILES string of the molecule is C/C=C(\C=C(C)C)C(C)C.CC. The Bertz CT molecular complexity index is 143. The molecule has 0 saturated carbocycles. The first-order chi connectivity index (χ1) is 5.57. The van der Waals surface area contributed by atoms with Gasteiger partial charge in [-0.15, -0.1) is 0 Å². The van der Waals surface area contributed by atoms with Crippen molar-refractivity contribution in [3.05, 3.63) is 23.3 Å². The van der Waals surface area contributed by atoms with Crippen LogP contribution in [0.5, 0.6) is 0 Å². The van der Waals surface area contributed by atoms with E-state index in [1.165, 1.54) is 11.1 Å². The summed E-state index contributed by atoms with van der Waals surface area (Å²) in [6, 6.07) is 0. The van der Waals surface area contributed by atoms with Crippen molar-refractivity contribution >= 4 is 0 Å². The highest BCUT2D eigenvalue weighted by Crippen LogP contribution is 2.12. The highest BCUT2D eigenvalue weighted by atomic mass is 14.0. The molecule has 0 bridgehead atoms. The lowest BCUT2D eigenvalue weighted by atomic mass is 10.0. The van der Waals surface area contributed by atoms with E-state index in [9.17, 15) is 0 Å². The van der Waals surface area contributed by atoms with Crippen LogP contribution in [0.4, 0.5) is 0 Å². The largest absolute Gasteiger partial charge is 0.0842 e. The Morgan fingerprint density at radius 3 is 1.58 bits per heavy atom. The lowest BCUT2D eigenvalue weighted by molar-refractivity contribution is 0.787. The van der Waals surface area contributed by atoms with Gasteiger partial charge in [0.25, 0.3) is 0 Å². The predicted octanol–water partition coefficient (Wildman–Crippen LogP) is 4.58. The fourth-order valence-corrected chi connectivity index (χ4v) is 0.917. The average Bonchev–Trinajstić information content (AvgIpc) is 2.03. The van der Waals surface area contributed by atoms with Gasteiger partial charge in [-0.1, -0.05) is 45.4 Å². The third-order valence-corrected chi connectivity index (χ3v) is 1.46. The highest BCUT2D eigenvalue weighted by Gasteiger charge is 1.96. The van der Waals surface area contributed by atoms with Gasteiger partial charge in [0.1, 0.15) is 0 Å². The summed E-state index contributed by atoms with van der Waals surface area (Å²) >= 11 is 0. The van der Waals surface area contributed by atoms with Gasteiger partial charge in [0.2, 0.25) is 0 Å². The standard InChI is InChI=1S/C10H18.C2H6/c1-6-10(9(4)5)7-8(2)3;1-2/h6-7,9H,1-5H3;1-2H3/b10-6+;. The molecule has 0 spiro atoms. The third-order valence-electron chi connectivity index (χ3n) is 1.46. The Morgan fingerprint density at radius 2 is 1.50 bits per heavy atom. The van der Waals surface area contributed by atoms with E-state index in [0.717, 1.165) is 0 Å². The first-order valence-corrected chi connectivity index (χ1v) is 4.89. The molecule has 0 aromatic rings. The summed E-state index contributed by atoms with van der Waals surface area (Å²) < 4.78 is 0. The van der Waals surface area contributed by atoms with Crippen molar-refractivity contribution in [1.82, 2.24) is 0 Å². The summed E-state index contributed by atoms with van der Waals surface area (Å²) in [5, 5.41) is 0. The van der Waals surface area contributed by atoms with Gasteiger partial charge >= 0.3 is 0 Å². The maximum absolute atomic E-state index is 2.24. The molecule has 72 valence electrons. The van der Waals surface area contributed by atoms with E-state index in [2.05, 4.69) is 46.8 Å². The molecule has 0 amide bonds. The number of hydrogen-bond acceptors (Lipinski definition) is 0. The molecule has 0 aromatic carbocycles. The van der Waals surface area contributed by atoms with E-state index in [1.807, 2.05) is 13.8 Å². The quantitative estimate of drug-likeness (QED) is 0.529. The molecule has 0 rings (SSSR count). The maximum Gasteiger partial charge on any atom is -0.0222 e.